The first-order valence-corrected chi connectivity index (χ1v) is 8.15. The summed E-state index contributed by atoms with van der Waals surface area (Å²) in [5, 5.41) is 3.77. The monoisotopic (exact) mass is 336 g/mol. The number of nitrogens with one attached hydrogen (secondary N) is 1. The van der Waals surface area contributed by atoms with E-state index in [0.29, 0.717) is 24.6 Å². The summed E-state index contributed by atoms with van der Waals surface area (Å²) >= 11 is 0. The first-order chi connectivity index (χ1) is 12.2. The maximum atomic E-state index is 12.5. The van der Waals surface area contributed by atoms with Gasteiger partial charge in [-0.05, 0) is 25.1 Å². The van der Waals surface area contributed by atoms with Gasteiger partial charge in [-0.15, -0.1) is 0 Å². The molecule has 0 spiro atoms. The van der Waals surface area contributed by atoms with Gasteiger partial charge in [-0.3, -0.25) is 4.79 Å². The zero-order chi connectivity index (χ0) is 17.6. The van der Waals surface area contributed by atoms with Crippen LogP contribution in [0.15, 0.2) is 54.6 Å². The third kappa shape index (κ3) is 3.71. The molecule has 1 aromatic heterocycles. The summed E-state index contributed by atoms with van der Waals surface area (Å²) in [7, 11) is 1.59. The topological polar surface area (TPSA) is 60.5 Å². The van der Waals surface area contributed by atoms with Crippen LogP contribution >= 0.6 is 0 Å². The predicted molar refractivity (Wildman–Crippen MR) is 97.1 cm³/mol. The highest BCUT2D eigenvalue weighted by Crippen LogP contribution is 2.25. The van der Waals surface area contributed by atoms with Gasteiger partial charge in [0.2, 0.25) is 0 Å². The number of para-hydroxylation sites is 2. The fraction of sp³-hybridized carbons (Fsp3) is 0.200. The zero-order valence-electron chi connectivity index (χ0n) is 14.3. The Hall–Kier alpha value is -3.08. The number of carbonyl (C=O) groups is 1. The number of carbonyl (C=O) groups excluding carboxylic acids is 1. The fourth-order valence-electron chi connectivity index (χ4n) is 2.64. The van der Waals surface area contributed by atoms with Crippen molar-refractivity contribution in [2.24, 2.45) is 0 Å². The molecule has 0 radical (unpaired) electrons. The van der Waals surface area contributed by atoms with Crippen LogP contribution in [0.3, 0.4) is 0 Å². The highest BCUT2D eigenvalue weighted by atomic mass is 16.5. The summed E-state index contributed by atoms with van der Waals surface area (Å²) in [5.74, 6) is 1.15. The molecule has 0 aliphatic carbocycles. The summed E-state index contributed by atoms with van der Waals surface area (Å²) < 4.78 is 11.0. The highest BCUT2D eigenvalue weighted by molar-refractivity contribution is 5.97. The molecule has 0 saturated heterocycles. The minimum atomic E-state index is -0.254. The van der Waals surface area contributed by atoms with Gasteiger partial charge in [0.15, 0.2) is 0 Å². The van der Waals surface area contributed by atoms with Gasteiger partial charge in [0, 0.05) is 23.6 Å². The molecule has 2 aromatic carbocycles. The normalized spacial score (nSPS) is 10.5. The van der Waals surface area contributed by atoms with Crippen LogP contribution < -0.4 is 14.8 Å². The number of aromatic nitrogens is 1. The van der Waals surface area contributed by atoms with Gasteiger partial charge >= 0.3 is 0 Å². The Morgan fingerprint density at radius 1 is 1.08 bits per heavy atom. The Labute approximate surface area is 146 Å². The first-order valence-electron chi connectivity index (χ1n) is 8.15. The molecule has 1 heterocycles. The number of hydrogen-bond acceptors (Lipinski definition) is 4. The maximum absolute atomic E-state index is 12.5. The van der Waals surface area contributed by atoms with E-state index in [4.69, 9.17) is 9.47 Å². The molecular weight excluding hydrogens is 316 g/mol. The quantitative estimate of drug-likeness (QED) is 0.747. The number of ether oxygens (including phenoxy) is 2. The number of rotatable bonds is 6. The van der Waals surface area contributed by atoms with Crippen molar-refractivity contribution in [1.82, 2.24) is 10.3 Å². The van der Waals surface area contributed by atoms with E-state index in [1.807, 2.05) is 55.5 Å². The number of hydrogen-bond donors (Lipinski definition) is 1. The summed E-state index contributed by atoms with van der Waals surface area (Å²) in [6, 6.07) is 16.9. The lowest BCUT2D eigenvalue weighted by Gasteiger charge is -2.12. The molecule has 5 nitrogen and oxygen atoms in total. The van der Waals surface area contributed by atoms with E-state index < -0.39 is 0 Å². The van der Waals surface area contributed by atoms with Gasteiger partial charge in [-0.25, -0.2) is 4.98 Å². The van der Waals surface area contributed by atoms with Gasteiger partial charge in [0.05, 0.1) is 19.2 Å². The predicted octanol–water partition coefficient (Wildman–Crippen LogP) is 3.57. The van der Waals surface area contributed by atoms with E-state index in [2.05, 4.69) is 10.3 Å². The van der Waals surface area contributed by atoms with E-state index >= 15 is 0 Å². The van der Waals surface area contributed by atoms with Crippen LogP contribution in [0.25, 0.3) is 10.9 Å². The van der Waals surface area contributed by atoms with Crippen LogP contribution in [-0.2, 0) is 6.54 Å². The van der Waals surface area contributed by atoms with Crippen LogP contribution in [0.1, 0.15) is 23.0 Å². The summed E-state index contributed by atoms with van der Waals surface area (Å²) in [5.41, 5.74) is 1.97. The maximum Gasteiger partial charge on any atom is 0.270 e. The van der Waals surface area contributed by atoms with Crippen molar-refractivity contribution in [3.05, 3.63) is 65.9 Å². The number of benzene rings is 2. The number of nitrogens with zero attached hydrogens (tertiary/aromatic N) is 1. The molecule has 1 N–H and O–H groups in total. The smallest absolute Gasteiger partial charge is 0.270 e. The molecule has 0 atom stereocenters. The molecule has 1 amide bonds. The lowest BCUT2D eigenvalue weighted by Crippen LogP contribution is -2.24. The second-order valence-electron chi connectivity index (χ2n) is 5.45. The Balaban J connectivity index is 1.81. The Morgan fingerprint density at radius 2 is 1.84 bits per heavy atom. The van der Waals surface area contributed by atoms with Crippen LogP contribution in [0, 0.1) is 0 Å². The minimum Gasteiger partial charge on any atom is -0.496 e. The van der Waals surface area contributed by atoms with Crippen molar-refractivity contribution in [2.75, 3.05) is 13.7 Å². The molecule has 0 aliphatic rings. The number of amides is 1. The molecule has 3 rings (SSSR count). The van der Waals surface area contributed by atoms with Crippen LogP contribution in [0.2, 0.25) is 0 Å². The Kier molecular flexibility index (Phi) is 5.14. The summed E-state index contributed by atoms with van der Waals surface area (Å²) in [6.07, 6.45) is 0. The number of methoxy groups -OCH3 is 1. The Bertz CT molecular complexity index is 893. The minimum absolute atomic E-state index is 0.254. The van der Waals surface area contributed by atoms with Gasteiger partial charge < -0.3 is 14.8 Å². The van der Waals surface area contributed by atoms with Crippen LogP contribution in [-0.4, -0.2) is 24.6 Å². The molecule has 0 unspecified atom stereocenters. The summed E-state index contributed by atoms with van der Waals surface area (Å²) in [6.45, 7) is 2.88. The third-order valence-corrected chi connectivity index (χ3v) is 3.84. The first kappa shape index (κ1) is 16.8. The van der Waals surface area contributed by atoms with Crippen molar-refractivity contribution < 1.29 is 14.3 Å². The van der Waals surface area contributed by atoms with Gasteiger partial charge in [0.25, 0.3) is 5.91 Å². The number of pyridine rings is 1. The van der Waals surface area contributed by atoms with Crippen molar-refractivity contribution in [2.45, 2.75) is 13.5 Å². The van der Waals surface area contributed by atoms with E-state index in [-0.39, 0.29) is 5.91 Å². The lowest BCUT2D eigenvalue weighted by molar-refractivity contribution is 0.0945. The molecule has 0 fully saturated rings. The lowest BCUT2D eigenvalue weighted by atomic mass is 10.1. The molecule has 0 bridgehead atoms. The van der Waals surface area contributed by atoms with E-state index in [0.717, 1.165) is 22.2 Å². The standard InChI is InChI=1S/C20H20N2O3/c1-3-25-18-11-7-4-8-14(18)13-21-20(23)17-12-19(24-2)15-9-5-6-10-16(15)22-17/h4-12H,3,13H2,1-2H3,(H,21,23). The van der Waals surface area contributed by atoms with Crippen molar-refractivity contribution in [3.63, 3.8) is 0 Å². The van der Waals surface area contributed by atoms with Crippen molar-refractivity contribution >= 4 is 16.8 Å². The zero-order valence-corrected chi connectivity index (χ0v) is 14.3. The Morgan fingerprint density at radius 3 is 2.64 bits per heavy atom. The molecule has 128 valence electrons. The summed E-state index contributed by atoms with van der Waals surface area (Å²) in [4.78, 5) is 17.0. The fourth-order valence-corrected chi connectivity index (χ4v) is 2.64. The SMILES string of the molecule is CCOc1ccccc1CNC(=O)c1cc(OC)c2ccccc2n1. The third-order valence-electron chi connectivity index (χ3n) is 3.84. The van der Waals surface area contributed by atoms with E-state index in [1.54, 1.807) is 13.2 Å². The van der Waals surface area contributed by atoms with Crippen LogP contribution in [0.5, 0.6) is 11.5 Å². The van der Waals surface area contributed by atoms with Crippen molar-refractivity contribution in [1.29, 1.82) is 0 Å². The second-order valence-corrected chi connectivity index (χ2v) is 5.45. The van der Waals surface area contributed by atoms with Gasteiger partial charge in [0.1, 0.15) is 17.2 Å². The molecule has 3 aromatic rings. The van der Waals surface area contributed by atoms with E-state index in [1.165, 1.54) is 0 Å². The van der Waals surface area contributed by atoms with Crippen molar-refractivity contribution in [3.8, 4) is 11.5 Å². The largest absolute Gasteiger partial charge is 0.496 e. The molecular formula is C20H20N2O3. The highest BCUT2D eigenvalue weighted by Gasteiger charge is 2.13. The molecule has 0 saturated carbocycles. The van der Waals surface area contributed by atoms with Gasteiger partial charge in [-0.2, -0.15) is 0 Å². The van der Waals surface area contributed by atoms with E-state index in [9.17, 15) is 4.79 Å². The van der Waals surface area contributed by atoms with Crippen LogP contribution in [0.4, 0.5) is 0 Å². The molecule has 0 aliphatic heterocycles. The molecule has 5 heteroatoms. The average Bonchev–Trinajstić information content (AvgIpc) is 2.66. The van der Waals surface area contributed by atoms with Gasteiger partial charge in [-0.1, -0.05) is 30.3 Å². The average molecular weight is 336 g/mol. The molecule has 25 heavy (non-hydrogen) atoms. The number of fused-ring (bicyclic) bond motifs is 1. The second kappa shape index (κ2) is 7.66.